The zero-order valence-corrected chi connectivity index (χ0v) is 16.6. The Morgan fingerprint density at radius 1 is 1.20 bits per heavy atom. The van der Waals surface area contributed by atoms with E-state index in [4.69, 9.17) is 4.74 Å². The summed E-state index contributed by atoms with van der Waals surface area (Å²) in [4.78, 5) is 17.8. The predicted octanol–water partition coefficient (Wildman–Crippen LogP) is 4.33. The fraction of sp³-hybridized carbons (Fsp3) is 0.500. The average Bonchev–Trinajstić information content (AvgIpc) is 2.57. The Hall–Kier alpha value is -1.75. The van der Waals surface area contributed by atoms with Crippen molar-refractivity contribution >= 4 is 11.8 Å². The summed E-state index contributed by atoms with van der Waals surface area (Å²) in [6.07, 6.45) is 0.733. The van der Waals surface area contributed by atoms with Gasteiger partial charge < -0.3 is 4.74 Å². The van der Waals surface area contributed by atoms with Gasteiger partial charge in [0.15, 0.2) is 0 Å². The van der Waals surface area contributed by atoms with Crippen LogP contribution in [0.4, 0.5) is 0 Å². The molecule has 0 radical (unpaired) electrons. The summed E-state index contributed by atoms with van der Waals surface area (Å²) in [6, 6.07) is 9.74. The molecule has 0 saturated heterocycles. The largest absolute Gasteiger partial charge is 0.492 e. The van der Waals surface area contributed by atoms with Gasteiger partial charge in [-0.25, -0.2) is 4.98 Å². The lowest BCUT2D eigenvalue weighted by Gasteiger charge is -2.15. The van der Waals surface area contributed by atoms with Crippen LogP contribution in [-0.4, -0.2) is 21.4 Å². The monoisotopic (exact) mass is 360 g/mol. The van der Waals surface area contributed by atoms with Crippen molar-refractivity contribution in [3.8, 4) is 5.75 Å². The number of nitrogens with zero attached hydrogens (tertiary/aromatic N) is 2. The summed E-state index contributed by atoms with van der Waals surface area (Å²) in [6.45, 7) is 11.5. The first-order valence-corrected chi connectivity index (χ1v) is 9.75. The van der Waals surface area contributed by atoms with Crippen molar-refractivity contribution in [2.45, 2.75) is 57.7 Å². The van der Waals surface area contributed by atoms with Crippen molar-refractivity contribution < 1.29 is 4.74 Å². The third kappa shape index (κ3) is 5.63. The van der Waals surface area contributed by atoms with Gasteiger partial charge >= 0.3 is 0 Å². The summed E-state index contributed by atoms with van der Waals surface area (Å²) >= 11 is 1.88. The van der Waals surface area contributed by atoms with Crippen LogP contribution in [0.5, 0.6) is 5.75 Å². The van der Waals surface area contributed by atoms with E-state index in [-0.39, 0.29) is 5.56 Å². The third-order valence-corrected chi connectivity index (χ3v) is 5.66. The fourth-order valence-electron chi connectivity index (χ4n) is 2.41. The standard InChI is InChI=1S/C20H28N2O2S/c1-6-19-21-15(4)13-20(23)22(19)11-12-24-17-7-9-18(10-8-17)25-16(5)14(2)3/h7-10,13-14,16H,6,11-12H2,1-5H3. The molecule has 0 aliphatic rings. The molecule has 0 aliphatic heterocycles. The Morgan fingerprint density at radius 3 is 2.48 bits per heavy atom. The highest BCUT2D eigenvalue weighted by molar-refractivity contribution is 8.00. The van der Waals surface area contributed by atoms with Crippen molar-refractivity contribution in [3.05, 3.63) is 52.2 Å². The Balaban J connectivity index is 1.93. The van der Waals surface area contributed by atoms with Crippen LogP contribution in [0.2, 0.25) is 0 Å². The molecule has 5 heteroatoms. The molecule has 4 nitrogen and oxygen atoms in total. The van der Waals surface area contributed by atoms with Crippen molar-refractivity contribution in [1.82, 2.24) is 9.55 Å². The minimum absolute atomic E-state index is 0.0117. The van der Waals surface area contributed by atoms with Crippen LogP contribution in [0.1, 0.15) is 39.2 Å². The van der Waals surface area contributed by atoms with Gasteiger partial charge in [-0.15, -0.1) is 11.8 Å². The van der Waals surface area contributed by atoms with E-state index in [0.717, 1.165) is 23.7 Å². The normalized spacial score (nSPS) is 12.4. The summed E-state index contributed by atoms with van der Waals surface area (Å²) in [5.74, 6) is 2.28. The summed E-state index contributed by atoms with van der Waals surface area (Å²) in [7, 11) is 0. The summed E-state index contributed by atoms with van der Waals surface area (Å²) in [5, 5.41) is 0.583. The van der Waals surface area contributed by atoms with Gasteiger partial charge in [0.05, 0.1) is 6.54 Å². The molecule has 0 bridgehead atoms. The van der Waals surface area contributed by atoms with Gasteiger partial charge in [0.25, 0.3) is 5.56 Å². The van der Waals surface area contributed by atoms with E-state index in [1.807, 2.05) is 37.7 Å². The maximum absolute atomic E-state index is 12.1. The van der Waals surface area contributed by atoms with Crippen LogP contribution in [-0.2, 0) is 13.0 Å². The molecule has 1 unspecified atom stereocenters. The van der Waals surface area contributed by atoms with Crippen molar-refractivity contribution in [2.75, 3.05) is 6.61 Å². The lowest BCUT2D eigenvalue weighted by atomic mass is 10.2. The van der Waals surface area contributed by atoms with E-state index >= 15 is 0 Å². The first kappa shape index (κ1) is 19.6. The second-order valence-corrected chi connectivity index (χ2v) is 7.99. The molecule has 25 heavy (non-hydrogen) atoms. The number of ether oxygens (including phenoxy) is 1. The molecule has 2 aromatic rings. The lowest BCUT2D eigenvalue weighted by molar-refractivity contribution is 0.293. The second-order valence-electron chi connectivity index (χ2n) is 6.54. The average molecular weight is 361 g/mol. The van der Waals surface area contributed by atoms with Crippen molar-refractivity contribution in [2.24, 2.45) is 5.92 Å². The molecule has 0 fully saturated rings. The van der Waals surface area contributed by atoms with Gasteiger partial charge in [-0.2, -0.15) is 0 Å². The van der Waals surface area contributed by atoms with E-state index in [1.165, 1.54) is 4.90 Å². The van der Waals surface area contributed by atoms with E-state index < -0.39 is 0 Å². The van der Waals surface area contributed by atoms with Crippen LogP contribution in [0.3, 0.4) is 0 Å². The van der Waals surface area contributed by atoms with Gasteiger partial charge in [-0.3, -0.25) is 9.36 Å². The van der Waals surface area contributed by atoms with Gasteiger partial charge in [-0.1, -0.05) is 27.7 Å². The smallest absolute Gasteiger partial charge is 0.253 e. The topological polar surface area (TPSA) is 44.1 Å². The number of hydrogen-bond acceptors (Lipinski definition) is 4. The van der Waals surface area contributed by atoms with Crippen LogP contribution in [0.25, 0.3) is 0 Å². The van der Waals surface area contributed by atoms with E-state index in [9.17, 15) is 4.79 Å². The first-order chi connectivity index (χ1) is 11.9. The molecule has 0 saturated carbocycles. The number of aryl methyl sites for hydroxylation is 2. The Kier molecular flexibility index (Phi) is 7.12. The molecule has 0 aliphatic carbocycles. The predicted molar refractivity (Wildman–Crippen MR) is 105 cm³/mol. The molecule has 2 rings (SSSR count). The Labute approximate surface area is 154 Å². The fourth-order valence-corrected chi connectivity index (χ4v) is 3.40. The molecule has 1 heterocycles. The van der Waals surface area contributed by atoms with E-state index in [1.54, 1.807) is 10.6 Å². The maximum Gasteiger partial charge on any atom is 0.253 e. The Morgan fingerprint density at radius 2 is 1.88 bits per heavy atom. The molecular formula is C20H28N2O2S. The molecular weight excluding hydrogens is 332 g/mol. The van der Waals surface area contributed by atoms with Crippen LogP contribution < -0.4 is 10.3 Å². The highest BCUT2D eigenvalue weighted by Crippen LogP contribution is 2.28. The van der Waals surface area contributed by atoms with E-state index in [0.29, 0.717) is 24.3 Å². The molecule has 0 amide bonds. The number of benzene rings is 1. The number of rotatable bonds is 8. The number of thioether (sulfide) groups is 1. The summed E-state index contributed by atoms with van der Waals surface area (Å²) in [5.41, 5.74) is 0.755. The number of aromatic nitrogens is 2. The zero-order valence-electron chi connectivity index (χ0n) is 15.8. The first-order valence-electron chi connectivity index (χ1n) is 8.87. The quantitative estimate of drug-likeness (QED) is 0.657. The van der Waals surface area contributed by atoms with Crippen LogP contribution >= 0.6 is 11.8 Å². The second kappa shape index (κ2) is 9.09. The highest BCUT2D eigenvalue weighted by Gasteiger charge is 2.09. The van der Waals surface area contributed by atoms with Gasteiger partial charge in [0.1, 0.15) is 18.2 Å². The lowest BCUT2D eigenvalue weighted by Crippen LogP contribution is -2.27. The Bertz CT molecular complexity index is 738. The third-order valence-electron chi connectivity index (χ3n) is 4.20. The molecule has 136 valence electrons. The van der Waals surface area contributed by atoms with Crippen LogP contribution in [0, 0.1) is 12.8 Å². The van der Waals surface area contributed by atoms with Crippen LogP contribution in [0.15, 0.2) is 40.0 Å². The van der Waals surface area contributed by atoms with Crippen molar-refractivity contribution in [3.63, 3.8) is 0 Å². The van der Waals surface area contributed by atoms with Gasteiger partial charge in [0, 0.05) is 28.3 Å². The zero-order chi connectivity index (χ0) is 18.4. The van der Waals surface area contributed by atoms with Crippen molar-refractivity contribution in [1.29, 1.82) is 0 Å². The van der Waals surface area contributed by atoms with E-state index in [2.05, 4.69) is 37.9 Å². The van der Waals surface area contributed by atoms with Gasteiger partial charge in [-0.05, 0) is 37.1 Å². The molecule has 0 spiro atoms. The SMILES string of the molecule is CCc1nc(C)cc(=O)n1CCOc1ccc(SC(C)C(C)C)cc1. The molecule has 1 aromatic heterocycles. The molecule has 1 atom stereocenters. The molecule has 1 aromatic carbocycles. The number of hydrogen-bond donors (Lipinski definition) is 0. The minimum Gasteiger partial charge on any atom is -0.492 e. The molecule has 0 N–H and O–H groups in total. The maximum atomic E-state index is 12.1. The minimum atomic E-state index is -0.0117. The van der Waals surface area contributed by atoms with Gasteiger partial charge in [0.2, 0.25) is 0 Å². The highest BCUT2D eigenvalue weighted by atomic mass is 32.2. The summed E-state index contributed by atoms with van der Waals surface area (Å²) < 4.78 is 7.50.